The lowest BCUT2D eigenvalue weighted by Crippen LogP contribution is -2.33. The van der Waals surface area contributed by atoms with Gasteiger partial charge in [-0.1, -0.05) is 11.6 Å². The zero-order valence-electron chi connectivity index (χ0n) is 17.6. The van der Waals surface area contributed by atoms with Crippen molar-refractivity contribution in [2.75, 3.05) is 18.8 Å². The van der Waals surface area contributed by atoms with Gasteiger partial charge in [-0.2, -0.15) is 18.3 Å². The maximum atomic E-state index is 13.3. The first-order valence-electron chi connectivity index (χ1n) is 10.3. The summed E-state index contributed by atoms with van der Waals surface area (Å²) in [7, 11) is 1.40. The molecule has 0 atom stereocenters. The number of aromatic nitrogens is 6. The molecule has 0 amide bonds. The van der Waals surface area contributed by atoms with Crippen molar-refractivity contribution in [3.63, 3.8) is 0 Å². The molecular formula is C20H20ClF3N8O. The SMILES string of the molecule is Cn1nc(C(F)(F)F)c(CN2CCC(c3cn4nc(-c5ccco5)nc4c(N)n3)CC2)c1Cl. The maximum Gasteiger partial charge on any atom is 0.435 e. The van der Waals surface area contributed by atoms with Crippen LogP contribution in [0.2, 0.25) is 5.15 Å². The Hall–Kier alpha value is -3.12. The van der Waals surface area contributed by atoms with Gasteiger partial charge in [0.15, 0.2) is 22.9 Å². The molecule has 1 fully saturated rings. The fraction of sp³-hybridized carbons (Fsp3) is 0.400. The lowest BCUT2D eigenvalue weighted by molar-refractivity contribution is -0.142. The van der Waals surface area contributed by atoms with Gasteiger partial charge in [0.1, 0.15) is 5.15 Å². The van der Waals surface area contributed by atoms with Gasteiger partial charge in [0.05, 0.1) is 18.2 Å². The van der Waals surface area contributed by atoms with Crippen LogP contribution in [0.4, 0.5) is 19.0 Å². The summed E-state index contributed by atoms with van der Waals surface area (Å²) in [6.07, 6.45) is 0.193. The summed E-state index contributed by atoms with van der Waals surface area (Å²) in [6.45, 7) is 1.25. The van der Waals surface area contributed by atoms with Crippen LogP contribution in [-0.2, 0) is 19.8 Å². The second-order valence-corrected chi connectivity index (χ2v) is 8.38. The number of nitrogens with two attached hydrogens (primary N) is 1. The lowest BCUT2D eigenvalue weighted by Gasteiger charge is -2.31. The molecule has 1 aliphatic rings. The molecular weight excluding hydrogens is 461 g/mol. The number of anilines is 1. The molecule has 1 saturated heterocycles. The van der Waals surface area contributed by atoms with E-state index in [1.165, 1.54) is 13.3 Å². The van der Waals surface area contributed by atoms with Crippen molar-refractivity contribution in [1.29, 1.82) is 0 Å². The normalized spacial score (nSPS) is 16.2. The topological polar surface area (TPSA) is 103 Å². The quantitative estimate of drug-likeness (QED) is 0.474. The van der Waals surface area contributed by atoms with Crippen molar-refractivity contribution in [3.05, 3.63) is 46.7 Å². The minimum absolute atomic E-state index is 0.00183. The Balaban J connectivity index is 1.32. The Kier molecular flexibility index (Phi) is 5.28. The number of hydrogen-bond donors (Lipinski definition) is 1. The first-order chi connectivity index (χ1) is 15.7. The van der Waals surface area contributed by atoms with Gasteiger partial charge in [-0.05, 0) is 38.1 Å². The van der Waals surface area contributed by atoms with Gasteiger partial charge in [0.2, 0.25) is 5.82 Å². The Bertz CT molecular complexity index is 1290. The van der Waals surface area contributed by atoms with Crippen LogP contribution in [0.15, 0.2) is 29.0 Å². The summed E-state index contributed by atoms with van der Waals surface area (Å²) < 4.78 is 48.0. The van der Waals surface area contributed by atoms with Crippen molar-refractivity contribution in [1.82, 2.24) is 34.3 Å². The molecule has 4 aromatic heterocycles. The average Bonchev–Trinajstić information content (AvgIpc) is 3.50. The number of piperidine rings is 1. The average molecular weight is 481 g/mol. The van der Waals surface area contributed by atoms with Crippen molar-refractivity contribution in [2.24, 2.45) is 7.05 Å². The highest BCUT2D eigenvalue weighted by molar-refractivity contribution is 6.30. The molecule has 174 valence electrons. The van der Waals surface area contributed by atoms with E-state index in [0.29, 0.717) is 43.2 Å². The molecule has 5 rings (SSSR count). The Morgan fingerprint density at radius 1 is 1.21 bits per heavy atom. The van der Waals surface area contributed by atoms with Crippen LogP contribution in [0.25, 0.3) is 17.2 Å². The molecule has 0 aliphatic carbocycles. The van der Waals surface area contributed by atoms with Crippen LogP contribution < -0.4 is 5.73 Å². The summed E-state index contributed by atoms with van der Waals surface area (Å²) in [5, 5.41) is 8.00. The number of alkyl halides is 3. The minimum atomic E-state index is -4.55. The maximum absolute atomic E-state index is 13.3. The van der Waals surface area contributed by atoms with E-state index < -0.39 is 11.9 Å². The van der Waals surface area contributed by atoms with E-state index in [1.54, 1.807) is 22.8 Å². The second kappa shape index (κ2) is 8.03. The smallest absolute Gasteiger partial charge is 0.435 e. The molecule has 33 heavy (non-hydrogen) atoms. The minimum Gasteiger partial charge on any atom is -0.461 e. The Morgan fingerprint density at radius 3 is 2.64 bits per heavy atom. The van der Waals surface area contributed by atoms with E-state index in [2.05, 4.69) is 20.2 Å². The summed E-state index contributed by atoms with van der Waals surface area (Å²) in [6, 6.07) is 3.51. The Morgan fingerprint density at radius 2 is 1.97 bits per heavy atom. The highest BCUT2D eigenvalue weighted by atomic mass is 35.5. The highest BCUT2D eigenvalue weighted by Gasteiger charge is 2.39. The van der Waals surface area contributed by atoms with Crippen LogP contribution in [0.1, 0.15) is 35.7 Å². The number of hydrogen-bond acceptors (Lipinski definition) is 7. The molecule has 1 aliphatic heterocycles. The molecule has 0 saturated carbocycles. The van der Waals surface area contributed by atoms with E-state index in [1.807, 2.05) is 4.90 Å². The van der Waals surface area contributed by atoms with Gasteiger partial charge in [0, 0.05) is 25.1 Å². The molecule has 0 unspecified atom stereocenters. The number of rotatable bonds is 4. The third-order valence-corrected chi connectivity index (χ3v) is 6.30. The molecule has 0 radical (unpaired) electrons. The van der Waals surface area contributed by atoms with Crippen LogP contribution >= 0.6 is 11.6 Å². The number of likely N-dealkylation sites (tertiary alicyclic amines) is 1. The molecule has 9 nitrogen and oxygen atoms in total. The van der Waals surface area contributed by atoms with E-state index in [-0.39, 0.29) is 29.0 Å². The first-order valence-corrected chi connectivity index (χ1v) is 10.7. The summed E-state index contributed by atoms with van der Waals surface area (Å²) in [5.74, 6) is 1.29. The van der Waals surface area contributed by atoms with Gasteiger partial charge in [-0.15, -0.1) is 5.10 Å². The fourth-order valence-corrected chi connectivity index (χ4v) is 4.35. The lowest BCUT2D eigenvalue weighted by atomic mass is 9.93. The summed E-state index contributed by atoms with van der Waals surface area (Å²) in [4.78, 5) is 10.8. The Labute approximate surface area is 191 Å². The third kappa shape index (κ3) is 4.04. The number of nitrogen functional groups attached to an aromatic ring is 1. The number of halogens is 4. The molecule has 4 aromatic rings. The van der Waals surface area contributed by atoms with E-state index in [4.69, 9.17) is 21.8 Å². The van der Waals surface area contributed by atoms with Gasteiger partial charge < -0.3 is 10.2 Å². The van der Waals surface area contributed by atoms with Crippen LogP contribution in [0, 0.1) is 0 Å². The first kappa shape index (κ1) is 21.7. The number of aryl methyl sites for hydroxylation is 1. The van der Waals surface area contributed by atoms with Gasteiger partial charge in [-0.3, -0.25) is 9.58 Å². The molecule has 0 aromatic carbocycles. The summed E-state index contributed by atoms with van der Waals surface area (Å²) in [5.41, 5.74) is 6.41. The van der Waals surface area contributed by atoms with E-state index in [9.17, 15) is 13.2 Å². The molecule has 5 heterocycles. The van der Waals surface area contributed by atoms with Crippen molar-refractivity contribution in [2.45, 2.75) is 31.5 Å². The van der Waals surface area contributed by atoms with Crippen LogP contribution in [0.3, 0.4) is 0 Å². The van der Waals surface area contributed by atoms with Crippen LogP contribution in [-0.4, -0.2) is 47.4 Å². The monoisotopic (exact) mass is 480 g/mol. The largest absolute Gasteiger partial charge is 0.461 e. The van der Waals surface area contributed by atoms with Crippen molar-refractivity contribution < 1.29 is 17.6 Å². The van der Waals surface area contributed by atoms with E-state index >= 15 is 0 Å². The predicted octanol–water partition coefficient (Wildman–Crippen LogP) is 3.75. The van der Waals surface area contributed by atoms with Crippen LogP contribution in [0.5, 0.6) is 0 Å². The van der Waals surface area contributed by atoms with Gasteiger partial charge in [0.25, 0.3) is 0 Å². The van der Waals surface area contributed by atoms with Gasteiger partial charge >= 0.3 is 6.18 Å². The van der Waals surface area contributed by atoms with Crippen molar-refractivity contribution >= 4 is 23.1 Å². The second-order valence-electron chi connectivity index (χ2n) is 8.02. The number of nitrogens with zero attached hydrogens (tertiary/aromatic N) is 7. The zero-order chi connectivity index (χ0) is 23.3. The summed E-state index contributed by atoms with van der Waals surface area (Å²) >= 11 is 6.10. The predicted molar refractivity (Wildman–Crippen MR) is 113 cm³/mol. The van der Waals surface area contributed by atoms with Gasteiger partial charge in [-0.25, -0.2) is 14.5 Å². The molecule has 0 bridgehead atoms. The highest BCUT2D eigenvalue weighted by Crippen LogP contribution is 2.36. The fourth-order valence-electron chi connectivity index (χ4n) is 4.16. The number of fused-ring (bicyclic) bond motifs is 1. The van der Waals surface area contributed by atoms with E-state index in [0.717, 1.165) is 10.4 Å². The number of furan rings is 1. The molecule has 0 spiro atoms. The standard InChI is InChI=1S/C20H20ClF3N8O/c1-30-16(21)12(15(28-30)20(22,23)24)9-31-6-4-11(5-7-31)13-10-32-19(17(25)26-13)27-18(29-32)14-3-2-8-33-14/h2-3,8,10-11H,4-7,9H2,1H3,(H2,25,26). The van der Waals surface area contributed by atoms with Crippen molar-refractivity contribution in [3.8, 4) is 11.6 Å². The molecule has 13 heteroatoms. The zero-order valence-corrected chi connectivity index (χ0v) is 18.3. The third-order valence-electron chi connectivity index (χ3n) is 5.83. The molecule has 2 N–H and O–H groups in total.